The van der Waals surface area contributed by atoms with Crippen LogP contribution < -0.4 is 10.1 Å². The van der Waals surface area contributed by atoms with Crippen LogP contribution in [0.1, 0.15) is 25.8 Å². The van der Waals surface area contributed by atoms with Crippen molar-refractivity contribution in [3.05, 3.63) is 78.1 Å². The monoisotopic (exact) mass is 483 g/mol. The third-order valence-electron chi connectivity index (χ3n) is 5.65. The normalized spacial score (nSPS) is 10.6. The Morgan fingerprint density at radius 3 is 2.50 bits per heavy atom. The minimum absolute atomic E-state index is 0.112. The number of hydrogen-bond donors (Lipinski definition) is 1. The fourth-order valence-electron chi connectivity index (χ4n) is 4.05. The second-order valence-corrected chi connectivity index (χ2v) is 7.97. The predicted molar refractivity (Wildman–Crippen MR) is 138 cm³/mol. The smallest absolute Gasteiger partial charge is 0.307 e. The maximum absolute atomic E-state index is 14.1. The van der Waals surface area contributed by atoms with Crippen molar-refractivity contribution in [1.29, 1.82) is 5.26 Å². The zero-order valence-electron chi connectivity index (χ0n) is 20.2. The summed E-state index contributed by atoms with van der Waals surface area (Å²) in [4.78, 5) is 16.5. The van der Waals surface area contributed by atoms with Crippen LogP contribution in [0.2, 0.25) is 0 Å². The summed E-state index contributed by atoms with van der Waals surface area (Å²) in [5, 5.41) is 13.7. The summed E-state index contributed by atoms with van der Waals surface area (Å²) in [6, 6.07) is 22.0. The highest BCUT2D eigenvalue weighted by Crippen LogP contribution is 2.36. The van der Waals surface area contributed by atoms with Crippen molar-refractivity contribution in [3.8, 4) is 34.2 Å². The molecule has 36 heavy (non-hydrogen) atoms. The number of pyridine rings is 1. The van der Waals surface area contributed by atoms with E-state index >= 15 is 0 Å². The van der Waals surface area contributed by atoms with Gasteiger partial charge in [0, 0.05) is 23.1 Å². The molecule has 1 heterocycles. The van der Waals surface area contributed by atoms with Crippen LogP contribution in [0.3, 0.4) is 0 Å². The van der Waals surface area contributed by atoms with Gasteiger partial charge in [0.2, 0.25) is 0 Å². The molecule has 1 aromatic heterocycles. The van der Waals surface area contributed by atoms with Gasteiger partial charge in [0.25, 0.3) is 0 Å². The van der Waals surface area contributed by atoms with Crippen molar-refractivity contribution in [2.45, 2.75) is 20.3 Å². The van der Waals surface area contributed by atoms with Crippen molar-refractivity contribution in [3.63, 3.8) is 0 Å². The van der Waals surface area contributed by atoms with Crippen molar-refractivity contribution >= 4 is 22.6 Å². The highest BCUT2D eigenvalue weighted by Gasteiger charge is 2.18. The third-order valence-corrected chi connectivity index (χ3v) is 5.65. The van der Waals surface area contributed by atoms with Gasteiger partial charge in [-0.05, 0) is 43.7 Å². The first-order chi connectivity index (χ1) is 17.5. The Morgan fingerprint density at radius 1 is 1.03 bits per heavy atom. The number of carbonyl (C=O) groups excluding carboxylic acids is 1. The largest absolute Gasteiger partial charge is 0.493 e. The molecule has 0 aliphatic carbocycles. The molecule has 0 spiro atoms. The summed E-state index contributed by atoms with van der Waals surface area (Å²) in [5.74, 6) is 0.00676. The summed E-state index contributed by atoms with van der Waals surface area (Å²) in [6.07, 6.45) is 0.112. The second kappa shape index (κ2) is 11.3. The molecule has 0 saturated heterocycles. The van der Waals surface area contributed by atoms with Gasteiger partial charge >= 0.3 is 5.97 Å². The summed E-state index contributed by atoms with van der Waals surface area (Å²) in [7, 11) is 0. The SMILES string of the molecule is CCOC(=O)CCNc1c(C#N)c(-c2ccc(-c3ccccc3OCC)cc2)nc2ccc(F)cc12. The second-order valence-electron chi connectivity index (χ2n) is 7.97. The van der Waals surface area contributed by atoms with Crippen LogP contribution in [-0.4, -0.2) is 30.7 Å². The number of hydrogen-bond acceptors (Lipinski definition) is 6. The summed E-state index contributed by atoms with van der Waals surface area (Å²) < 4.78 is 24.8. The van der Waals surface area contributed by atoms with Crippen LogP contribution >= 0.6 is 0 Å². The van der Waals surface area contributed by atoms with E-state index in [9.17, 15) is 14.4 Å². The lowest BCUT2D eigenvalue weighted by Gasteiger charge is -2.15. The molecule has 0 aliphatic heterocycles. The number of fused-ring (bicyclic) bond motifs is 1. The van der Waals surface area contributed by atoms with E-state index in [0.717, 1.165) is 22.4 Å². The van der Waals surface area contributed by atoms with E-state index in [1.807, 2.05) is 55.5 Å². The summed E-state index contributed by atoms with van der Waals surface area (Å²) in [6.45, 7) is 4.77. The predicted octanol–water partition coefficient (Wildman–Crippen LogP) is 6.34. The fraction of sp³-hybridized carbons (Fsp3) is 0.207. The molecular weight excluding hydrogens is 457 g/mol. The number of aromatic nitrogens is 1. The number of anilines is 1. The molecular formula is C29H26FN3O3. The van der Waals surface area contributed by atoms with E-state index < -0.39 is 5.82 Å². The number of rotatable bonds is 9. The van der Waals surface area contributed by atoms with Gasteiger partial charge in [-0.1, -0.05) is 42.5 Å². The summed E-state index contributed by atoms with van der Waals surface area (Å²) in [5.41, 5.74) is 4.40. The quantitative estimate of drug-likeness (QED) is 0.280. The van der Waals surface area contributed by atoms with Crippen LogP contribution in [0.15, 0.2) is 66.7 Å². The van der Waals surface area contributed by atoms with Crippen LogP contribution in [0.5, 0.6) is 5.75 Å². The number of carbonyl (C=O) groups is 1. The van der Waals surface area contributed by atoms with Gasteiger partial charge in [-0.2, -0.15) is 5.26 Å². The van der Waals surface area contributed by atoms with Crippen molar-refractivity contribution in [2.75, 3.05) is 25.1 Å². The highest BCUT2D eigenvalue weighted by molar-refractivity contribution is 5.98. The molecule has 182 valence electrons. The Labute approximate surface area is 209 Å². The van der Waals surface area contributed by atoms with Gasteiger partial charge < -0.3 is 14.8 Å². The van der Waals surface area contributed by atoms with Crippen LogP contribution in [0.4, 0.5) is 10.1 Å². The molecule has 0 fully saturated rings. The molecule has 7 heteroatoms. The molecule has 4 rings (SSSR count). The molecule has 0 amide bonds. The first-order valence-electron chi connectivity index (χ1n) is 11.8. The number of esters is 1. The van der Waals surface area contributed by atoms with Gasteiger partial charge in [-0.25, -0.2) is 9.37 Å². The molecule has 0 atom stereocenters. The van der Waals surface area contributed by atoms with Crippen LogP contribution in [0.25, 0.3) is 33.3 Å². The Balaban J connectivity index is 1.75. The van der Waals surface area contributed by atoms with E-state index in [2.05, 4.69) is 11.4 Å². The van der Waals surface area contributed by atoms with Gasteiger partial charge in [0.15, 0.2) is 0 Å². The van der Waals surface area contributed by atoms with Gasteiger partial charge in [-0.3, -0.25) is 4.79 Å². The van der Waals surface area contributed by atoms with E-state index in [0.29, 0.717) is 35.5 Å². The Hall–Kier alpha value is -4.44. The van der Waals surface area contributed by atoms with Crippen LogP contribution in [-0.2, 0) is 9.53 Å². The van der Waals surface area contributed by atoms with Crippen molar-refractivity contribution < 1.29 is 18.7 Å². The molecule has 0 aliphatic rings. The Bertz CT molecular complexity index is 1430. The highest BCUT2D eigenvalue weighted by atomic mass is 19.1. The van der Waals surface area contributed by atoms with Gasteiger partial charge in [0.05, 0.1) is 36.5 Å². The third kappa shape index (κ3) is 5.28. The molecule has 1 N–H and O–H groups in total. The molecule has 6 nitrogen and oxygen atoms in total. The number of halogens is 1. The first-order valence-corrected chi connectivity index (χ1v) is 11.8. The fourth-order valence-corrected chi connectivity index (χ4v) is 4.05. The Morgan fingerprint density at radius 2 is 1.78 bits per heavy atom. The minimum Gasteiger partial charge on any atom is -0.493 e. The van der Waals surface area contributed by atoms with Crippen LogP contribution in [0, 0.1) is 17.1 Å². The first kappa shape index (κ1) is 24.7. The lowest BCUT2D eigenvalue weighted by Crippen LogP contribution is -2.13. The van der Waals surface area contributed by atoms with E-state index in [4.69, 9.17) is 14.5 Å². The topological polar surface area (TPSA) is 84.2 Å². The summed E-state index contributed by atoms with van der Waals surface area (Å²) >= 11 is 0. The van der Waals surface area contributed by atoms with Crippen molar-refractivity contribution in [2.24, 2.45) is 0 Å². The number of nitrogens with one attached hydrogen (secondary N) is 1. The molecule has 4 aromatic rings. The van der Waals surface area contributed by atoms with Gasteiger partial charge in [0.1, 0.15) is 23.2 Å². The number of para-hydroxylation sites is 1. The maximum atomic E-state index is 14.1. The minimum atomic E-state index is -0.438. The standard InChI is InChI=1S/C29H26FN3O3/c1-3-35-26-8-6-5-7-22(26)19-9-11-20(12-10-19)28-24(18-31)29(32-16-15-27(34)36-4-2)23-17-21(30)13-14-25(23)33-28/h5-14,17H,3-4,15-16H2,1-2H3,(H,32,33). The Kier molecular flexibility index (Phi) is 7.76. The molecule has 3 aromatic carbocycles. The molecule has 0 bridgehead atoms. The number of nitrogens with zero attached hydrogens (tertiary/aromatic N) is 2. The number of nitriles is 1. The maximum Gasteiger partial charge on any atom is 0.307 e. The average molecular weight is 484 g/mol. The van der Waals surface area contributed by atoms with Crippen molar-refractivity contribution in [1.82, 2.24) is 4.98 Å². The zero-order chi connectivity index (χ0) is 25.5. The molecule has 0 radical (unpaired) electrons. The van der Waals surface area contributed by atoms with Gasteiger partial charge in [-0.15, -0.1) is 0 Å². The number of ether oxygens (including phenoxy) is 2. The van der Waals surface area contributed by atoms with E-state index in [1.54, 1.807) is 13.0 Å². The zero-order valence-corrected chi connectivity index (χ0v) is 20.2. The average Bonchev–Trinajstić information content (AvgIpc) is 2.89. The number of benzene rings is 3. The lowest BCUT2D eigenvalue weighted by molar-refractivity contribution is -0.142. The van der Waals surface area contributed by atoms with E-state index in [-0.39, 0.29) is 24.5 Å². The molecule has 0 unspecified atom stereocenters. The lowest BCUT2D eigenvalue weighted by atomic mass is 9.98. The van der Waals surface area contributed by atoms with E-state index in [1.165, 1.54) is 12.1 Å². The molecule has 0 saturated carbocycles.